The third-order valence-corrected chi connectivity index (χ3v) is 1.41. The van der Waals surface area contributed by atoms with Gasteiger partial charge < -0.3 is 19.7 Å². The van der Waals surface area contributed by atoms with Crippen LogP contribution in [0.25, 0.3) is 0 Å². The summed E-state index contributed by atoms with van der Waals surface area (Å²) in [6.07, 6.45) is 0. The summed E-state index contributed by atoms with van der Waals surface area (Å²) in [5.74, 6) is 0. The van der Waals surface area contributed by atoms with E-state index < -0.39 is 10.4 Å². The average molecular weight is 439 g/mol. The molecule has 2 N–H and O–H groups in total. The van der Waals surface area contributed by atoms with Gasteiger partial charge in [-0.05, 0) is 24.3 Å². The Morgan fingerprint density at radius 1 is 1.12 bits per heavy atom. The molecule has 0 aliphatic rings. The Morgan fingerprint density at radius 2 is 1.44 bits per heavy atom. The third kappa shape index (κ3) is 11.7. The summed E-state index contributed by atoms with van der Waals surface area (Å²) in [7, 11) is -1.16. The predicted molar refractivity (Wildman–Crippen MR) is 61.4 cm³/mol. The zero-order valence-electron chi connectivity index (χ0n) is 8.88. The maximum atomic E-state index is 8.52. The SMILES string of the molecule is CN(C)c1ccc(N)cc1.O=S(=O)([O-])[O-].[Pb+2]. The summed E-state index contributed by atoms with van der Waals surface area (Å²) in [4.78, 5) is 2.04. The van der Waals surface area contributed by atoms with Crippen molar-refractivity contribution >= 4 is 49.1 Å². The first kappa shape index (κ1) is 18.0. The molecule has 1 rings (SSSR count). The molecule has 88 valence electrons. The van der Waals surface area contributed by atoms with E-state index in [2.05, 4.69) is 0 Å². The molecule has 1 aromatic carbocycles. The van der Waals surface area contributed by atoms with Gasteiger partial charge in [0.25, 0.3) is 0 Å². The fourth-order valence-corrected chi connectivity index (χ4v) is 0.772. The smallest absolute Gasteiger partial charge is 0.759 e. The van der Waals surface area contributed by atoms with Crippen molar-refractivity contribution in [3.8, 4) is 0 Å². The van der Waals surface area contributed by atoms with E-state index in [1.165, 1.54) is 5.69 Å². The molecule has 0 saturated carbocycles. The van der Waals surface area contributed by atoms with Crippen LogP contribution in [0.2, 0.25) is 0 Å². The summed E-state index contributed by atoms with van der Waals surface area (Å²) in [6.45, 7) is 0. The zero-order valence-corrected chi connectivity index (χ0v) is 13.6. The minimum atomic E-state index is -5.17. The minimum Gasteiger partial charge on any atom is -0.759 e. The molecule has 0 amide bonds. The van der Waals surface area contributed by atoms with Crippen LogP contribution in [0.1, 0.15) is 0 Å². The van der Waals surface area contributed by atoms with Gasteiger partial charge in [-0.3, -0.25) is 8.42 Å². The quantitative estimate of drug-likeness (QED) is 0.276. The molecule has 0 bridgehead atoms. The largest absolute Gasteiger partial charge is 2.00 e. The van der Waals surface area contributed by atoms with Crippen LogP contribution in [0.4, 0.5) is 11.4 Å². The second-order valence-electron chi connectivity index (χ2n) is 2.89. The number of rotatable bonds is 1. The van der Waals surface area contributed by atoms with Gasteiger partial charge in [0.15, 0.2) is 0 Å². The van der Waals surface area contributed by atoms with Crippen LogP contribution in [-0.2, 0) is 10.4 Å². The second-order valence-corrected chi connectivity index (χ2v) is 3.71. The van der Waals surface area contributed by atoms with Crippen LogP contribution in [-0.4, -0.2) is 58.9 Å². The van der Waals surface area contributed by atoms with Crippen molar-refractivity contribution in [1.82, 2.24) is 0 Å². The number of hydrogen-bond donors (Lipinski definition) is 1. The molecule has 1 aromatic rings. The van der Waals surface area contributed by atoms with E-state index in [-0.39, 0.29) is 27.3 Å². The van der Waals surface area contributed by atoms with Crippen molar-refractivity contribution in [2.24, 2.45) is 0 Å². The standard InChI is InChI=1S/C8H12N2.H2O4S.Pb/c1-10(2)8-5-3-7(9)4-6-8;1-5(2,3)4;/h3-6H,9H2,1-2H3;(H2,1,2,3,4);/q;;+2/p-2. The van der Waals surface area contributed by atoms with Gasteiger partial charge in [-0.1, -0.05) is 0 Å². The third-order valence-electron chi connectivity index (χ3n) is 1.41. The Balaban J connectivity index is 0. The maximum absolute atomic E-state index is 8.52. The zero-order chi connectivity index (χ0) is 12.1. The predicted octanol–water partition coefficient (Wildman–Crippen LogP) is -0.384. The first-order valence-corrected chi connectivity index (χ1v) is 5.23. The summed E-state index contributed by atoms with van der Waals surface area (Å²) in [5, 5.41) is 0. The van der Waals surface area contributed by atoms with Gasteiger partial charge in [-0.15, -0.1) is 0 Å². The van der Waals surface area contributed by atoms with Gasteiger partial charge in [0.1, 0.15) is 0 Å². The molecule has 0 saturated heterocycles. The number of nitrogens with zero attached hydrogens (tertiary/aromatic N) is 1. The van der Waals surface area contributed by atoms with E-state index in [0.29, 0.717) is 0 Å². The maximum Gasteiger partial charge on any atom is 2.00 e. The molecule has 8 heteroatoms. The van der Waals surface area contributed by atoms with Crippen molar-refractivity contribution in [2.75, 3.05) is 24.7 Å². The van der Waals surface area contributed by atoms with Crippen LogP contribution in [0.15, 0.2) is 24.3 Å². The first-order valence-electron chi connectivity index (χ1n) is 3.89. The molecule has 0 atom stereocenters. The Hall–Kier alpha value is -0.388. The summed E-state index contributed by atoms with van der Waals surface area (Å²) in [6, 6.07) is 7.79. The van der Waals surface area contributed by atoms with E-state index in [1.54, 1.807) is 0 Å². The van der Waals surface area contributed by atoms with Crippen molar-refractivity contribution in [2.45, 2.75) is 0 Å². The Kier molecular flexibility index (Phi) is 8.79. The van der Waals surface area contributed by atoms with Crippen molar-refractivity contribution in [3.05, 3.63) is 24.3 Å². The van der Waals surface area contributed by atoms with E-state index in [4.69, 9.17) is 23.3 Å². The monoisotopic (exact) mass is 440 g/mol. The second kappa shape index (κ2) is 7.82. The molecule has 0 heterocycles. The topological polar surface area (TPSA) is 110 Å². The number of benzene rings is 1. The van der Waals surface area contributed by atoms with Gasteiger partial charge in [-0.2, -0.15) is 0 Å². The van der Waals surface area contributed by atoms with Gasteiger partial charge >= 0.3 is 27.3 Å². The minimum absolute atomic E-state index is 0. The molecule has 0 aliphatic carbocycles. The van der Waals surface area contributed by atoms with E-state index in [1.807, 2.05) is 43.3 Å². The Morgan fingerprint density at radius 3 is 1.69 bits per heavy atom. The molecule has 0 fully saturated rings. The Labute approximate surface area is 115 Å². The summed E-state index contributed by atoms with van der Waals surface area (Å²) >= 11 is 0. The fourth-order valence-electron chi connectivity index (χ4n) is 0.772. The van der Waals surface area contributed by atoms with Crippen LogP contribution < -0.4 is 10.6 Å². The van der Waals surface area contributed by atoms with Crippen LogP contribution in [0.3, 0.4) is 0 Å². The van der Waals surface area contributed by atoms with Crippen molar-refractivity contribution < 1.29 is 17.5 Å². The molecule has 0 unspecified atom stereocenters. The molecule has 0 spiro atoms. The molecule has 2 radical (unpaired) electrons. The normalized spacial score (nSPS) is 9.50. The van der Waals surface area contributed by atoms with Gasteiger partial charge in [-0.25, -0.2) is 0 Å². The average Bonchev–Trinajstić information content (AvgIpc) is 2.01. The number of anilines is 2. The van der Waals surface area contributed by atoms with Crippen LogP contribution >= 0.6 is 0 Å². The number of nitrogen functional groups attached to an aromatic ring is 1. The number of nitrogens with two attached hydrogens (primary N) is 1. The Bertz CT molecular complexity index is 383. The summed E-state index contributed by atoms with van der Waals surface area (Å²) in [5.41, 5.74) is 7.49. The first-order chi connectivity index (χ1) is 6.70. The molecule has 0 aromatic heterocycles. The molecular weight excluding hydrogens is 427 g/mol. The van der Waals surface area contributed by atoms with Crippen molar-refractivity contribution in [1.29, 1.82) is 0 Å². The van der Waals surface area contributed by atoms with Gasteiger partial charge in [0, 0.05) is 35.9 Å². The molecule has 0 aliphatic heterocycles. The van der Waals surface area contributed by atoms with E-state index in [0.717, 1.165) is 5.69 Å². The number of hydrogen-bond acceptors (Lipinski definition) is 6. The fraction of sp³-hybridized carbons (Fsp3) is 0.250. The van der Waals surface area contributed by atoms with Gasteiger partial charge in [0.2, 0.25) is 0 Å². The molecule has 16 heavy (non-hydrogen) atoms. The molecule has 6 nitrogen and oxygen atoms in total. The van der Waals surface area contributed by atoms with E-state index >= 15 is 0 Å². The van der Waals surface area contributed by atoms with E-state index in [9.17, 15) is 0 Å². The summed E-state index contributed by atoms with van der Waals surface area (Å²) < 4.78 is 34.1. The molecular formula is C8H12N2O4PbS. The van der Waals surface area contributed by atoms with Gasteiger partial charge in [0.05, 0.1) is 0 Å². The van der Waals surface area contributed by atoms with Crippen molar-refractivity contribution in [3.63, 3.8) is 0 Å². The van der Waals surface area contributed by atoms with Crippen LogP contribution in [0.5, 0.6) is 0 Å². The van der Waals surface area contributed by atoms with Crippen LogP contribution in [0, 0.1) is 0 Å².